The smallest absolute Gasteiger partial charge is 0.335 e. The number of hydrogen-bond acceptors (Lipinski definition) is 3. The number of esters is 1. The van der Waals surface area contributed by atoms with Crippen molar-refractivity contribution in [3.63, 3.8) is 0 Å². The van der Waals surface area contributed by atoms with Crippen LogP contribution in [0.1, 0.15) is 69.2 Å². The first-order chi connectivity index (χ1) is 13.8. The van der Waals surface area contributed by atoms with Crippen LogP contribution in [0.3, 0.4) is 0 Å². The Morgan fingerprint density at radius 2 is 2.00 bits per heavy atom. The molecule has 2 aliphatic rings. The molecule has 0 aromatic heterocycles. The highest BCUT2D eigenvalue weighted by molar-refractivity contribution is 5.83. The van der Waals surface area contributed by atoms with Crippen molar-refractivity contribution in [1.82, 2.24) is 0 Å². The largest absolute Gasteiger partial charge is 0.489 e. The van der Waals surface area contributed by atoms with Crippen LogP contribution >= 0.6 is 0 Å². The van der Waals surface area contributed by atoms with Gasteiger partial charge in [0, 0.05) is 11.6 Å². The summed E-state index contributed by atoms with van der Waals surface area (Å²) in [5, 5.41) is 0. The SMILES string of the molecule is C=CC(=O)Oc1ccc2c(c1)C(C)(c1ccc3c(c1)C(C)(C)CCC3)C(CC)O2. The van der Waals surface area contributed by atoms with Crippen molar-refractivity contribution < 1.29 is 14.3 Å². The van der Waals surface area contributed by atoms with Crippen LogP contribution < -0.4 is 9.47 Å². The summed E-state index contributed by atoms with van der Waals surface area (Å²) in [6.45, 7) is 12.6. The second kappa shape index (κ2) is 7.05. The summed E-state index contributed by atoms with van der Waals surface area (Å²) in [5.74, 6) is 0.946. The molecule has 1 aliphatic heterocycles. The van der Waals surface area contributed by atoms with E-state index in [4.69, 9.17) is 9.47 Å². The molecule has 0 bridgehead atoms. The first-order valence-electron chi connectivity index (χ1n) is 10.6. The number of rotatable bonds is 4. The zero-order valence-electron chi connectivity index (χ0n) is 17.9. The van der Waals surface area contributed by atoms with Gasteiger partial charge in [0.2, 0.25) is 0 Å². The molecule has 0 amide bonds. The predicted octanol–water partition coefficient (Wildman–Crippen LogP) is 5.87. The number of benzene rings is 2. The average Bonchev–Trinajstić information content (AvgIpc) is 3.00. The molecule has 29 heavy (non-hydrogen) atoms. The van der Waals surface area contributed by atoms with Gasteiger partial charge in [0.1, 0.15) is 17.6 Å². The van der Waals surface area contributed by atoms with Crippen LogP contribution in [0.4, 0.5) is 0 Å². The van der Waals surface area contributed by atoms with E-state index < -0.39 is 5.97 Å². The molecule has 2 aromatic carbocycles. The molecular formula is C26H30O3. The van der Waals surface area contributed by atoms with Gasteiger partial charge in [0.05, 0.1) is 5.41 Å². The summed E-state index contributed by atoms with van der Waals surface area (Å²) in [6, 6.07) is 12.6. The number of ether oxygens (including phenoxy) is 2. The van der Waals surface area contributed by atoms with E-state index in [0.29, 0.717) is 5.75 Å². The van der Waals surface area contributed by atoms with E-state index in [9.17, 15) is 4.79 Å². The van der Waals surface area contributed by atoms with Crippen LogP contribution in [0.25, 0.3) is 0 Å². The van der Waals surface area contributed by atoms with E-state index in [1.165, 1.54) is 35.6 Å². The Morgan fingerprint density at radius 3 is 2.72 bits per heavy atom. The Morgan fingerprint density at radius 1 is 1.21 bits per heavy atom. The fourth-order valence-corrected chi connectivity index (χ4v) is 5.12. The summed E-state index contributed by atoms with van der Waals surface area (Å²) < 4.78 is 11.7. The highest BCUT2D eigenvalue weighted by Gasteiger charge is 2.46. The lowest BCUT2D eigenvalue weighted by atomic mass is 9.67. The molecule has 1 aliphatic carbocycles. The Hall–Kier alpha value is -2.55. The van der Waals surface area contributed by atoms with Crippen molar-refractivity contribution >= 4 is 5.97 Å². The predicted molar refractivity (Wildman–Crippen MR) is 116 cm³/mol. The zero-order chi connectivity index (χ0) is 20.8. The standard InChI is InChI=1S/C26H30O3/c1-6-23-26(5,18-11-10-17-9-8-14-25(3,4)20(17)15-18)21-16-19(28-24(27)7-2)12-13-22(21)29-23/h7,10-13,15-16,23H,2,6,8-9,14H2,1,3-5H3. The van der Waals surface area contributed by atoms with E-state index in [1.807, 2.05) is 12.1 Å². The lowest BCUT2D eigenvalue weighted by molar-refractivity contribution is -0.128. The molecule has 0 spiro atoms. The van der Waals surface area contributed by atoms with Crippen LogP contribution in [-0.4, -0.2) is 12.1 Å². The molecular weight excluding hydrogens is 360 g/mol. The number of fused-ring (bicyclic) bond motifs is 2. The van der Waals surface area contributed by atoms with E-state index in [2.05, 4.69) is 52.5 Å². The lowest BCUT2D eigenvalue weighted by Crippen LogP contribution is -2.36. The monoisotopic (exact) mass is 390 g/mol. The summed E-state index contributed by atoms with van der Waals surface area (Å²) in [4.78, 5) is 11.7. The normalized spacial score (nSPS) is 24.2. The minimum atomic E-state index is -0.451. The molecule has 0 N–H and O–H groups in total. The van der Waals surface area contributed by atoms with Crippen LogP contribution in [0, 0.1) is 0 Å². The van der Waals surface area contributed by atoms with Crippen molar-refractivity contribution in [2.24, 2.45) is 0 Å². The van der Waals surface area contributed by atoms with Crippen molar-refractivity contribution in [2.75, 3.05) is 0 Å². The molecule has 2 atom stereocenters. The van der Waals surface area contributed by atoms with E-state index in [1.54, 1.807) is 6.07 Å². The summed E-state index contributed by atoms with van der Waals surface area (Å²) in [7, 11) is 0. The maximum Gasteiger partial charge on any atom is 0.335 e. The number of carbonyl (C=O) groups is 1. The van der Waals surface area contributed by atoms with Gasteiger partial charge in [-0.2, -0.15) is 0 Å². The third kappa shape index (κ3) is 3.17. The Kier molecular flexibility index (Phi) is 4.80. The summed E-state index contributed by atoms with van der Waals surface area (Å²) in [5.41, 5.74) is 5.15. The van der Waals surface area contributed by atoms with Gasteiger partial charge in [-0.05, 0) is 72.9 Å². The van der Waals surface area contributed by atoms with Crippen molar-refractivity contribution in [3.05, 3.63) is 71.3 Å². The fraction of sp³-hybridized carbons (Fsp3) is 0.423. The van der Waals surface area contributed by atoms with Gasteiger partial charge in [0.25, 0.3) is 0 Å². The number of aryl methyl sites for hydroxylation is 1. The Labute approximate surface area is 173 Å². The van der Waals surface area contributed by atoms with Crippen LogP contribution in [-0.2, 0) is 22.0 Å². The minimum Gasteiger partial charge on any atom is -0.489 e. The van der Waals surface area contributed by atoms with Crippen LogP contribution in [0.2, 0.25) is 0 Å². The summed E-state index contributed by atoms with van der Waals surface area (Å²) >= 11 is 0. The molecule has 3 nitrogen and oxygen atoms in total. The highest BCUT2D eigenvalue weighted by atomic mass is 16.5. The molecule has 0 saturated carbocycles. The molecule has 2 aromatic rings. The number of carbonyl (C=O) groups excluding carboxylic acids is 1. The quantitative estimate of drug-likeness (QED) is 0.372. The molecule has 4 rings (SSSR count). The molecule has 3 heteroatoms. The molecule has 2 unspecified atom stereocenters. The van der Waals surface area contributed by atoms with Crippen molar-refractivity contribution in [2.45, 2.75) is 70.3 Å². The van der Waals surface area contributed by atoms with Crippen molar-refractivity contribution in [1.29, 1.82) is 0 Å². The highest BCUT2D eigenvalue weighted by Crippen LogP contribution is 2.50. The zero-order valence-corrected chi connectivity index (χ0v) is 17.9. The summed E-state index contributed by atoms with van der Waals surface area (Å²) in [6.07, 6.45) is 5.73. The fourth-order valence-electron chi connectivity index (χ4n) is 5.12. The maximum absolute atomic E-state index is 11.7. The second-order valence-corrected chi connectivity index (χ2v) is 9.11. The van der Waals surface area contributed by atoms with Gasteiger partial charge in [-0.1, -0.05) is 45.5 Å². The second-order valence-electron chi connectivity index (χ2n) is 9.11. The van der Waals surface area contributed by atoms with Gasteiger partial charge in [0.15, 0.2) is 0 Å². The third-order valence-corrected chi connectivity index (χ3v) is 6.87. The Bertz CT molecular complexity index is 972. The Balaban J connectivity index is 1.84. The van der Waals surface area contributed by atoms with E-state index >= 15 is 0 Å². The van der Waals surface area contributed by atoms with Crippen LogP contribution in [0.5, 0.6) is 11.5 Å². The third-order valence-electron chi connectivity index (χ3n) is 6.87. The topological polar surface area (TPSA) is 35.5 Å². The van der Waals surface area contributed by atoms with Crippen LogP contribution in [0.15, 0.2) is 49.1 Å². The van der Waals surface area contributed by atoms with Crippen molar-refractivity contribution in [3.8, 4) is 11.5 Å². The van der Waals surface area contributed by atoms with Gasteiger partial charge in [-0.25, -0.2) is 4.79 Å². The minimum absolute atomic E-state index is 0.0348. The van der Waals surface area contributed by atoms with E-state index in [-0.39, 0.29) is 16.9 Å². The molecule has 0 radical (unpaired) electrons. The molecule has 0 fully saturated rings. The van der Waals surface area contributed by atoms with Gasteiger partial charge >= 0.3 is 5.97 Å². The molecule has 1 heterocycles. The lowest BCUT2D eigenvalue weighted by Gasteiger charge is -2.36. The van der Waals surface area contributed by atoms with E-state index in [0.717, 1.165) is 24.2 Å². The first kappa shape index (κ1) is 19.8. The van der Waals surface area contributed by atoms with Gasteiger partial charge in [-0.15, -0.1) is 0 Å². The average molecular weight is 391 g/mol. The maximum atomic E-state index is 11.7. The molecule has 152 valence electrons. The van der Waals surface area contributed by atoms with Gasteiger partial charge in [-0.3, -0.25) is 0 Å². The first-order valence-corrected chi connectivity index (χ1v) is 10.6. The van der Waals surface area contributed by atoms with Gasteiger partial charge < -0.3 is 9.47 Å². The molecule has 0 saturated heterocycles. The number of hydrogen-bond donors (Lipinski definition) is 0.